The molecule has 0 spiro atoms. The summed E-state index contributed by atoms with van der Waals surface area (Å²) in [6.07, 6.45) is 0.558. The molecule has 1 unspecified atom stereocenters. The maximum Gasteiger partial charge on any atom is 0.364 e. The number of rotatable bonds is 11. The Kier molecular flexibility index (Phi) is 8.63. The van der Waals surface area contributed by atoms with Gasteiger partial charge in [0, 0.05) is 13.3 Å². The first kappa shape index (κ1) is 29.4. The summed E-state index contributed by atoms with van der Waals surface area (Å²) in [5.74, 6) is -4.91. The van der Waals surface area contributed by atoms with Crippen LogP contribution in [-0.4, -0.2) is 71.2 Å². The fraction of sp³-hybridized carbons (Fsp3) is 0.483. The Morgan fingerprint density at radius 3 is 2.29 bits per heavy atom. The van der Waals surface area contributed by atoms with Gasteiger partial charge >= 0.3 is 19.5 Å². The van der Waals surface area contributed by atoms with Crippen LogP contribution in [0.1, 0.15) is 50.8 Å². The van der Waals surface area contributed by atoms with Crippen LogP contribution in [0.4, 0.5) is 0 Å². The Morgan fingerprint density at radius 2 is 1.68 bits per heavy atom. The number of β-lactam (4-membered cyclic amide) rings is 1. The molecule has 0 N–H and O–H groups in total. The highest BCUT2D eigenvalue weighted by molar-refractivity contribution is 7.55. The molecule has 220 valence electrons. The molecule has 0 bridgehead atoms. The van der Waals surface area contributed by atoms with Gasteiger partial charge in [-0.25, -0.2) is 9.69 Å². The second-order valence-corrected chi connectivity index (χ2v) is 12.2. The van der Waals surface area contributed by atoms with Crippen LogP contribution in [0.15, 0.2) is 60.7 Å². The second kappa shape index (κ2) is 12.0. The van der Waals surface area contributed by atoms with Crippen molar-refractivity contribution in [2.75, 3.05) is 19.8 Å². The smallest absolute Gasteiger partial charge is 0.364 e. The van der Waals surface area contributed by atoms with Crippen LogP contribution >= 0.6 is 7.60 Å². The number of fused-ring (bicyclic) bond motifs is 3. The second-order valence-electron chi connectivity index (χ2n) is 10.1. The molecule has 3 aliphatic rings. The van der Waals surface area contributed by atoms with Crippen molar-refractivity contribution >= 4 is 25.4 Å². The summed E-state index contributed by atoms with van der Waals surface area (Å²) in [6, 6.07) is 16.8. The molecule has 11 nitrogen and oxygen atoms in total. The molecule has 0 aliphatic carbocycles. The Balaban J connectivity index is 1.48. The lowest BCUT2D eigenvalue weighted by Crippen LogP contribution is -2.79. The van der Waals surface area contributed by atoms with Gasteiger partial charge < -0.3 is 28.2 Å². The molecule has 3 fully saturated rings. The van der Waals surface area contributed by atoms with Crippen LogP contribution in [0.5, 0.6) is 0 Å². The van der Waals surface area contributed by atoms with Crippen molar-refractivity contribution in [1.29, 1.82) is 0 Å². The summed E-state index contributed by atoms with van der Waals surface area (Å²) < 4.78 is 42.7. The normalized spacial score (nSPS) is 26.5. The van der Waals surface area contributed by atoms with E-state index < -0.39 is 49.2 Å². The number of carbonyl (C=O) groups excluding carboxylic acids is 3. The van der Waals surface area contributed by atoms with E-state index in [0.29, 0.717) is 6.42 Å². The molecule has 0 aromatic heterocycles. The van der Waals surface area contributed by atoms with Crippen molar-refractivity contribution < 1.29 is 42.2 Å². The van der Waals surface area contributed by atoms with Gasteiger partial charge in [-0.1, -0.05) is 60.7 Å². The molecule has 2 aromatic rings. The maximum absolute atomic E-state index is 14.1. The zero-order chi connectivity index (χ0) is 29.2. The third-order valence-electron chi connectivity index (χ3n) is 7.58. The fourth-order valence-electron chi connectivity index (χ4n) is 6.02. The summed E-state index contributed by atoms with van der Waals surface area (Å²) in [6.45, 7) is 4.70. The number of hydrogen-bond acceptors (Lipinski definition) is 10. The summed E-state index contributed by atoms with van der Waals surface area (Å²) in [7, 11) is -4.17. The van der Waals surface area contributed by atoms with Gasteiger partial charge in [0.05, 0.1) is 31.9 Å². The zero-order valence-electron chi connectivity index (χ0n) is 23.3. The van der Waals surface area contributed by atoms with Gasteiger partial charge in [-0.2, -0.15) is 0 Å². The molecule has 0 saturated carbocycles. The number of likely N-dealkylation sites (tertiary alicyclic amines) is 1. The lowest BCUT2D eigenvalue weighted by Gasteiger charge is -2.59. The summed E-state index contributed by atoms with van der Waals surface area (Å²) in [4.78, 5) is 42.9. The van der Waals surface area contributed by atoms with E-state index in [4.69, 9.17) is 23.3 Å². The minimum Gasteiger partial charge on any atom is -0.459 e. The summed E-state index contributed by atoms with van der Waals surface area (Å²) in [5, 5.41) is 0. The number of piperidine rings is 1. The topological polar surface area (TPSA) is 121 Å². The Hall–Kier alpha value is -3.08. The predicted molar refractivity (Wildman–Crippen MR) is 146 cm³/mol. The monoisotopic (exact) mass is 586 g/mol. The number of esters is 2. The Bertz CT molecular complexity index is 1300. The largest absolute Gasteiger partial charge is 0.459 e. The molecule has 41 heavy (non-hydrogen) atoms. The first-order valence-corrected chi connectivity index (χ1v) is 15.4. The molecule has 12 heteroatoms. The van der Waals surface area contributed by atoms with Gasteiger partial charge in [-0.3, -0.25) is 14.2 Å². The molecule has 3 heterocycles. The minimum absolute atomic E-state index is 0.00147. The summed E-state index contributed by atoms with van der Waals surface area (Å²) in [5.41, 5.74) is 1.63. The molecule has 1 amide bonds. The van der Waals surface area contributed by atoms with E-state index in [1.807, 2.05) is 48.5 Å². The van der Waals surface area contributed by atoms with Crippen LogP contribution in [0, 0.1) is 0 Å². The van der Waals surface area contributed by atoms with Crippen molar-refractivity contribution in [2.24, 2.45) is 0 Å². The van der Waals surface area contributed by atoms with Gasteiger partial charge in [0.25, 0.3) is 5.91 Å². The highest BCUT2D eigenvalue weighted by Gasteiger charge is 2.69. The SMILES string of the molecule is CCOP(=O)(OCC)[C@@H](C(=O)OCc1ccccc1)N1C(=O)[C@@H]2[C@H]1CCC1(OC(C)=O)OC[C@H](c3ccccc3)N21. The predicted octanol–water partition coefficient (Wildman–Crippen LogP) is 3.99. The van der Waals surface area contributed by atoms with Gasteiger partial charge in [0.2, 0.25) is 11.7 Å². The molecular weight excluding hydrogens is 551 g/mol. The molecule has 0 radical (unpaired) electrons. The highest BCUT2D eigenvalue weighted by Crippen LogP contribution is 2.59. The number of carbonyl (C=O) groups is 3. The van der Waals surface area contributed by atoms with Gasteiger partial charge in [-0.15, -0.1) is 0 Å². The number of amides is 1. The van der Waals surface area contributed by atoms with Crippen LogP contribution in [-0.2, 0) is 48.8 Å². The highest BCUT2D eigenvalue weighted by atomic mass is 31.2. The van der Waals surface area contributed by atoms with Crippen LogP contribution in [0.2, 0.25) is 0 Å². The van der Waals surface area contributed by atoms with Crippen LogP contribution in [0.25, 0.3) is 0 Å². The average Bonchev–Trinajstić information content (AvgIpc) is 3.32. The van der Waals surface area contributed by atoms with Crippen molar-refractivity contribution in [1.82, 2.24) is 9.80 Å². The van der Waals surface area contributed by atoms with Crippen molar-refractivity contribution in [3.63, 3.8) is 0 Å². The van der Waals surface area contributed by atoms with E-state index in [1.165, 1.54) is 11.8 Å². The van der Waals surface area contributed by atoms with E-state index in [0.717, 1.165) is 11.1 Å². The van der Waals surface area contributed by atoms with Gasteiger partial charge in [-0.05, 0) is 31.4 Å². The Labute approximate surface area is 239 Å². The van der Waals surface area contributed by atoms with E-state index in [-0.39, 0.29) is 38.9 Å². The van der Waals surface area contributed by atoms with E-state index >= 15 is 0 Å². The van der Waals surface area contributed by atoms with Crippen molar-refractivity contribution in [3.8, 4) is 0 Å². The lowest BCUT2D eigenvalue weighted by atomic mass is 9.82. The molecule has 3 aliphatic heterocycles. The third kappa shape index (κ3) is 5.45. The van der Waals surface area contributed by atoms with Crippen molar-refractivity contribution in [3.05, 3.63) is 71.8 Å². The van der Waals surface area contributed by atoms with E-state index in [9.17, 15) is 18.9 Å². The average molecular weight is 587 g/mol. The Morgan fingerprint density at radius 1 is 1.05 bits per heavy atom. The standard InChI is InChI=1S/C29H35N2O9P/c1-4-38-41(35,39-5-2)27(28(34)36-18-21-12-8-6-9-13-21)30-23-16-17-29(40-20(3)32)31(25(23)26(30)33)24(19-37-29)22-14-10-7-11-15-22/h6-15,23-25,27H,4-5,16-19H2,1-3H3/t23-,24-,25+,27+,29?/m1/s1. The first-order chi connectivity index (χ1) is 19.7. The fourth-order valence-corrected chi connectivity index (χ4v) is 8.02. The molecular formula is C29H35N2O9P. The van der Waals surface area contributed by atoms with Crippen molar-refractivity contribution in [2.45, 2.75) is 70.0 Å². The number of nitrogens with zero attached hydrogens (tertiary/aromatic N) is 2. The zero-order valence-corrected chi connectivity index (χ0v) is 24.2. The molecule has 2 aromatic carbocycles. The number of ether oxygens (including phenoxy) is 3. The van der Waals surface area contributed by atoms with E-state index in [2.05, 4.69) is 0 Å². The molecule has 5 rings (SSSR count). The van der Waals surface area contributed by atoms with Crippen LogP contribution in [0.3, 0.4) is 0 Å². The number of benzene rings is 2. The minimum atomic E-state index is -4.17. The van der Waals surface area contributed by atoms with Crippen LogP contribution < -0.4 is 0 Å². The maximum atomic E-state index is 14.1. The van der Waals surface area contributed by atoms with Gasteiger partial charge in [0.15, 0.2) is 0 Å². The molecule has 3 saturated heterocycles. The first-order valence-electron chi connectivity index (χ1n) is 13.8. The lowest BCUT2D eigenvalue weighted by molar-refractivity contribution is -0.299. The van der Waals surface area contributed by atoms with E-state index in [1.54, 1.807) is 30.9 Å². The molecule has 5 atom stereocenters. The summed E-state index contributed by atoms with van der Waals surface area (Å²) >= 11 is 0. The quantitative estimate of drug-likeness (QED) is 0.217. The van der Waals surface area contributed by atoms with Gasteiger partial charge in [0.1, 0.15) is 12.6 Å². The third-order valence-corrected chi connectivity index (χ3v) is 9.88. The number of hydrogen-bond donors (Lipinski definition) is 0.